The van der Waals surface area contributed by atoms with Crippen LogP contribution in [0.3, 0.4) is 0 Å². The maximum Gasteiger partial charge on any atom is 0.262 e. The summed E-state index contributed by atoms with van der Waals surface area (Å²) in [5.41, 5.74) is -0.593. The molecule has 36 heavy (non-hydrogen) atoms. The van der Waals surface area contributed by atoms with E-state index in [2.05, 4.69) is 10.3 Å². The Kier molecular flexibility index (Phi) is 8.95. The highest BCUT2D eigenvalue weighted by Crippen LogP contribution is 2.42. The third kappa shape index (κ3) is 5.97. The van der Waals surface area contributed by atoms with Crippen molar-refractivity contribution in [1.82, 2.24) is 24.1 Å². The Balaban J connectivity index is 0.00000361. The molecule has 2 aromatic rings. The lowest BCUT2D eigenvalue weighted by molar-refractivity contribution is -0.0856. The van der Waals surface area contributed by atoms with Crippen LogP contribution in [-0.2, 0) is 17.1 Å². The predicted octanol–water partition coefficient (Wildman–Crippen LogP) is 3.83. The van der Waals surface area contributed by atoms with Crippen molar-refractivity contribution in [1.29, 1.82) is 0 Å². The Bertz CT molecular complexity index is 1170. The molecule has 2 heterocycles. The Hall–Kier alpha value is -1.50. The molecule has 0 bridgehead atoms. The fourth-order valence-corrected chi connectivity index (χ4v) is 6.75. The van der Waals surface area contributed by atoms with Crippen LogP contribution in [0.4, 0.5) is 8.78 Å². The Morgan fingerprint density at radius 2 is 1.67 bits per heavy atom. The van der Waals surface area contributed by atoms with Crippen molar-refractivity contribution in [2.45, 2.75) is 42.2 Å². The van der Waals surface area contributed by atoms with Crippen molar-refractivity contribution in [3.8, 4) is 0 Å². The monoisotopic (exact) mass is 585 g/mol. The number of sulfonamides is 1. The molecule has 1 N–H and O–H groups in total. The number of amides is 1. The number of benzene rings is 1. The lowest BCUT2D eigenvalue weighted by atomic mass is 9.78. The maximum atomic E-state index is 14.1. The average molecular weight is 587 g/mol. The highest BCUT2D eigenvalue weighted by atomic mass is 35.5. The van der Waals surface area contributed by atoms with Crippen molar-refractivity contribution < 1.29 is 22.0 Å². The highest BCUT2D eigenvalue weighted by molar-refractivity contribution is 7.89. The van der Waals surface area contributed by atoms with Gasteiger partial charge in [-0.05, 0) is 25.0 Å². The van der Waals surface area contributed by atoms with Gasteiger partial charge in [0.2, 0.25) is 5.92 Å². The summed E-state index contributed by atoms with van der Waals surface area (Å²) in [6, 6.07) is 4.74. The number of hydrogen-bond donors (Lipinski definition) is 1. The number of rotatable bonds is 6. The van der Waals surface area contributed by atoms with Gasteiger partial charge in [-0.3, -0.25) is 9.69 Å². The van der Waals surface area contributed by atoms with E-state index < -0.39 is 27.4 Å². The van der Waals surface area contributed by atoms with Crippen LogP contribution in [0.5, 0.6) is 0 Å². The Morgan fingerprint density at radius 1 is 1.08 bits per heavy atom. The van der Waals surface area contributed by atoms with Crippen LogP contribution < -0.4 is 5.32 Å². The fraction of sp³-hybridized carbons (Fsp3) is 0.545. The van der Waals surface area contributed by atoms with Gasteiger partial charge in [0, 0.05) is 64.3 Å². The van der Waals surface area contributed by atoms with Gasteiger partial charge in [0.25, 0.3) is 15.9 Å². The van der Waals surface area contributed by atoms with E-state index in [4.69, 9.17) is 23.2 Å². The number of halogens is 5. The van der Waals surface area contributed by atoms with Crippen molar-refractivity contribution in [2.75, 3.05) is 32.7 Å². The fourth-order valence-electron chi connectivity index (χ4n) is 4.79. The molecule has 8 nitrogen and oxygen atoms in total. The van der Waals surface area contributed by atoms with Crippen molar-refractivity contribution in [3.63, 3.8) is 0 Å². The van der Waals surface area contributed by atoms with Crippen LogP contribution in [0, 0.1) is 0 Å². The third-order valence-corrected chi connectivity index (χ3v) is 9.29. The second-order valence-corrected chi connectivity index (χ2v) is 11.8. The zero-order chi connectivity index (χ0) is 25.4. The minimum atomic E-state index is -3.75. The first-order valence-corrected chi connectivity index (χ1v) is 13.5. The van der Waals surface area contributed by atoms with Crippen LogP contribution in [0.2, 0.25) is 10.0 Å². The molecule has 1 aliphatic carbocycles. The summed E-state index contributed by atoms with van der Waals surface area (Å²) in [5.74, 6) is -3.24. The summed E-state index contributed by atoms with van der Waals surface area (Å²) < 4.78 is 56.9. The third-order valence-electron chi connectivity index (χ3n) is 6.87. The zero-order valence-corrected chi connectivity index (χ0v) is 22.7. The molecule has 0 radical (unpaired) electrons. The molecular formula is C22H28Cl3F2N5O3S. The molecular weight excluding hydrogens is 559 g/mol. The molecule has 14 heteroatoms. The van der Waals surface area contributed by atoms with Crippen LogP contribution in [0.1, 0.15) is 36.0 Å². The number of nitrogens with zero attached hydrogens (tertiary/aromatic N) is 4. The lowest BCUT2D eigenvalue weighted by Gasteiger charge is -2.50. The number of carbonyl (C=O) groups is 1. The standard InChI is InChI=1S/C22H27Cl2F2N5O3S.ClH/c1-29-13-18(28-15-29)35(33,34)31-11-9-30(10-12-31)21(5-7-22(25,26)8-6-21)14-27-20(32)19-16(23)3-2-4-17(19)24;/h2-4,13,15H,5-12,14H2,1H3,(H,27,32);1H. The van der Waals surface area contributed by atoms with E-state index in [9.17, 15) is 22.0 Å². The number of imidazole rings is 1. The number of aryl methyl sites for hydroxylation is 1. The first-order chi connectivity index (χ1) is 16.4. The van der Waals surface area contributed by atoms with E-state index in [-0.39, 0.29) is 78.4 Å². The second-order valence-electron chi connectivity index (χ2n) is 9.13. The van der Waals surface area contributed by atoms with E-state index in [0.29, 0.717) is 13.1 Å². The topological polar surface area (TPSA) is 87.5 Å². The molecule has 0 atom stereocenters. The van der Waals surface area contributed by atoms with Crippen LogP contribution in [0.25, 0.3) is 0 Å². The van der Waals surface area contributed by atoms with E-state index in [1.165, 1.54) is 16.8 Å². The van der Waals surface area contributed by atoms with Crippen LogP contribution >= 0.6 is 35.6 Å². The summed E-state index contributed by atoms with van der Waals surface area (Å²) in [7, 11) is -2.06. The maximum absolute atomic E-state index is 14.1. The quantitative estimate of drug-likeness (QED) is 0.556. The smallest absolute Gasteiger partial charge is 0.262 e. The summed E-state index contributed by atoms with van der Waals surface area (Å²) in [4.78, 5) is 18.9. The van der Waals surface area contributed by atoms with Gasteiger partial charge in [0.1, 0.15) is 0 Å². The largest absolute Gasteiger partial charge is 0.350 e. The minimum absolute atomic E-state index is 0. The molecule has 2 fully saturated rings. The van der Waals surface area contributed by atoms with E-state index in [1.54, 1.807) is 29.8 Å². The van der Waals surface area contributed by atoms with Crippen molar-refractivity contribution >= 4 is 51.5 Å². The molecule has 1 amide bonds. The summed E-state index contributed by atoms with van der Waals surface area (Å²) >= 11 is 12.3. The van der Waals surface area contributed by atoms with Gasteiger partial charge < -0.3 is 9.88 Å². The molecule has 1 aromatic heterocycles. The van der Waals surface area contributed by atoms with Gasteiger partial charge >= 0.3 is 0 Å². The Morgan fingerprint density at radius 3 is 2.19 bits per heavy atom. The highest BCUT2D eigenvalue weighted by Gasteiger charge is 2.48. The molecule has 2 aliphatic rings. The van der Waals surface area contributed by atoms with E-state index >= 15 is 0 Å². The SMILES string of the molecule is Cl.Cn1cnc(S(=O)(=O)N2CCN(C3(CNC(=O)c4c(Cl)cccc4Cl)CCC(F)(F)CC3)CC2)c1. The molecule has 200 valence electrons. The van der Waals surface area contributed by atoms with Gasteiger partial charge in [0.15, 0.2) is 5.03 Å². The molecule has 1 aromatic carbocycles. The summed E-state index contributed by atoms with van der Waals surface area (Å²) in [6.07, 6.45) is 2.60. The number of piperazine rings is 1. The number of carbonyl (C=O) groups excluding carboxylic acids is 1. The van der Waals surface area contributed by atoms with Crippen LogP contribution in [-0.4, -0.2) is 77.3 Å². The lowest BCUT2D eigenvalue weighted by Crippen LogP contribution is -2.63. The first-order valence-electron chi connectivity index (χ1n) is 11.3. The van der Waals surface area contributed by atoms with Crippen molar-refractivity contribution in [2.24, 2.45) is 7.05 Å². The molecule has 1 saturated carbocycles. The first kappa shape index (κ1) is 29.1. The number of aromatic nitrogens is 2. The van der Waals surface area contributed by atoms with Gasteiger partial charge in [0.05, 0.1) is 21.9 Å². The minimum Gasteiger partial charge on any atom is -0.350 e. The van der Waals surface area contributed by atoms with E-state index in [0.717, 1.165) is 0 Å². The predicted molar refractivity (Wildman–Crippen MR) is 136 cm³/mol. The molecule has 1 saturated heterocycles. The summed E-state index contributed by atoms with van der Waals surface area (Å²) in [6.45, 7) is 1.21. The second kappa shape index (κ2) is 11.1. The normalized spacial score (nSPS) is 20.5. The molecule has 1 aliphatic heterocycles. The number of hydrogen-bond acceptors (Lipinski definition) is 5. The van der Waals surface area contributed by atoms with E-state index in [1.807, 2.05) is 4.90 Å². The van der Waals surface area contributed by atoms with Crippen LogP contribution in [0.15, 0.2) is 35.7 Å². The van der Waals surface area contributed by atoms with Gasteiger partial charge in [-0.1, -0.05) is 29.3 Å². The summed E-state index contributed by atoms with van der Waals surface area (Å²) in [5, 5.41) is 3.23. The number of alkyl halides is 2. The number of nitrogens with one attached hydrogen (secondary N) is 1. The zero-order valence-electron chi connectivity index (χ0n) is 19.6. The molecule has 0 spiro atoms. The van der Waals surface area contributed by atoms with Gasteiger partial charge in [-0.25, -0.2) is 22.2 Å². The Labute approximate surface area is 225 Å². The average Bonchev–Trinajstić information content (AvgIpc) is 3.26. The van der Waals surface area contributed by atoms with Gasteiger partial charge in [-0.2, -0.15) is 4.31 Å². The molecule has 0 unspecified atom stereocenters. The molecule has 4 rings (SSSR count). The van der Waals surface area contributed by atoms with Gasteiger partial charge in [-0.15, -0.1) is 12.4 Å². The van der Waals surface area contributed by atoms with Crippen molar-refractivity contribution in [3.05, 3.63) is 46.3 Å².